The Hall–Kier alpha value is -2.18. The number of nitrogens with two attached hydrogens (primary N) is 1. The first kappa shape index (κ1) is 24.5. The van der Waals surface area contributed by atoms with Crippen LogP contribution in [-0.4, -0.2) is 68.2 Å². The van der Waals surface area contributed by atoms with E-state index in [1.807, 2.05) is 4.90 Å². The Morgan fingerprint density at radius 2 is 1.62 bits per heavy atom. The normalized spacial score (nSPS) is 20.2. The minimum Gasteiger partial charge on any atom is -0.369 e. The zero-order valence-corrected chi connectivity index (χ0v) is 18.3. The first-order chi connectivity index (χ1) is 15.0. The van der Waals surface area contributed by atoms with Crippen molar-refractivity contribution < 1.29 is 31.2 Å². The Morgan fingerprint density at radius 3 is 2.19 bits per heavy atom. The highest BCUT2D eigenvalue weighted by molar-refractivity contribution is 7.89. The number of benzene rings is 1. The molecule has 1 aromatic carbocycles. The van der Waals surface area contributed by atoms with Gasteiger partial charge in [0.05, 0.1) is 17.0 Å². The third-order valence-electron chi connectivity index (χ3n) is 5.95. The second-order valence-corrected chi connectivity index (χ2v) is 10.1. The van der Waals surface area contributed by atoms with Crippen LogP contribution in [-0.2, 0) is 25.8 Å². The molecule has 2 aliphatic rings. The van der Waals surface area contributed by atoms with Gasteiger partial charge in [0, 0.05) is 38.1 Å². The van der Waals surface area contributed by atoms with E-state index < -0.39 is 38.5 Å². The molecule has 0 radical (unpaired) electrons. The molecule has 12 heteroatoms. The molecule has 1 aromatic rings. The molecular weight excluding hydrogens is 449 g/mol. The number of nitrogens with zero attached hydrogens (tertiary/aromatic N) is 2. The van der Waals surface area contributed by atoms with Crippen molar-refractivity contribution in [3.63, 3.8) is 0 Å². The van der Waals surface area contributed by atoms with Crippen LogP contribution in [0.25, 0.3) is 0 Å². The van der Waals surface area contributed by atoms with Crippen molar-refractivity contribution in [3.8, 4) is 0 Å². The lowest BCUT2D eigenvalue weighted by Gasteiger charge is -2.34. The molecule has 178 valence electrons. The summed E-state index contributed by atoms with van der Waals surface area (Å²) < 4.78 is 66.5. The molecule has 8 nitrogen and oxygen atoms in total. The van der Waals surface area contributed by atoms with E-state index in [1.165, 1.54) is 6.07 Å². The number of alkyl halides is 3. The Bertz CT molecular complexity index is 938. The summed E-state index contributed by atoms with van der Waals surface area (Å²) in [5.74, 6) is -0.971. The Morgan fingerprint density at radius 1 is 1.03 bits per heavy atom. The first-order valence-corrected chi connectivity index (χ1v) is 11.9. The predicted octanol–water partition coefficient (Wildman–Crippen LogP) is 1.17. The van der Waals surface area contributed by atoms with E-state index in [2.05, 4.69) is 5.32 Å². The van der Waals surface area contributed by atoms with Gasteiger partial charge >= 0.3 is 6.18 Å². The van der Waals surface area contributed by atoms with Gasteiger partial charge < -0.3 is 11.1 Å². The van der Waals surface area contributed by atoms with Gasteiger partial charge in [-0.05, 0) is 37.8 Å². The number of amides is 2. The molecule has 0 unspecified atom stereocenters. The topological polar surface area (TPSA) is 113 Å². The number of carbonyl (C=O) groups excluding carboxylic acids is 2. The third kappa shape index (κ3) is 5.78. The van der Waals surface area contributed by atoms with Crippen LogP contribution >= 0.6 is 0 Å². The molecule has 0 atom stereocenters. The van der Waals surface area contributed by atoms with E-state index in [1.54, 1.807) is 0 Å². The van der Waals surface area contributed by atoms with E-state index in [0.29, 0.717) is 25.9 Å². The third-order valence-corrected chi connectivity index (χ3v) is 7.91. The van der Waals surface area contributed by atoms with Crippen molar-refractivity contribution in [2.24, 2.45) is 11.7 Å². The molecule has 2 saturated heterocycles. The highest BCUT2D eigenvalue weighted by atomic mass is 32.2. The molecule has 0 bridgehead atoms. The van der Waals surface area contributed by atoms with E-state index in [4.69, 9.17) is 5.73 Å². The van der Waals surface area contributed by atoms with Crippen LogP contribution < -0.4 is 11.1 Å². The Kier molecular flexibility index (Phi) is 7.46. The summed E-state index contributed by atoms with van der Waals surface area (Å²) in [6.45, 7) is 1.42. The standard InChI is InChI=1S/C20H27F3N4O4S/c21-20(22,23)16-3-1-2-4-17(16)32(30,31)27-11-5-14(6-12-27)19(29)25-15-7-9-26(10-8-15)13-18(24)28/h1-4,14-15H,5-13H2,(H2,24,28)(H,25,29). The van der Waals surface area contributed by atoms with E-state index >= 15 is 0 Å². The highest BCUT2D eigenvalue weighted by Gasteiger charge is 2.40. The number of sulfonamides is 1. The number of nitrogens with one attached hydrogen (secondary N) is 1. The van der Waals surface area contributed by atoms with Gasteiger partial charge in [0.25, 0.3) is 0 Å². The van der Waals surface area contributed by atoms with E-state index in [9.17, 15) is 31.2 Å². The summed E-state index contributed by atoms with van der Waals surface area (Å²) in [6, 6.07) is 4.09. The molecule has 3 N–H and O–H groups in total. The monoisotopic (exact) mass is 476 g/mol. The number of halogens is 3. The lowest BCUT2D eigenvalue weighted by molar-refractivity contribution is -0.140. The maximum absolute atomic E-state index is 13.3. The molecule has 2 aliphatic heterocycles. The second kappa shape index (κ2) is 9.75. The SMILES string of the molecule is NC(=O)CN1CCC(NC(=O)C2CCN(S(=O)(=O)c3ccccc3C(F)(F)F)CC2)CC1. The molecular formula is C20H27F3N4O4S. The smallest absolute Gasteiger partial charge is 0.369 e. The van der Waals surface area contributed by atoms with Crippen LogP contribution in [0.4, 0.5) is 13.2 Å². The van der Waals surface area contributed by atoms with Gasteiger partial charge in [-0.25, -0.2) is 8.42 Å². The molecule has 3 rings (SSSR count). The van der Waals surface area contributed by atoms with Crippen LogP contribution in [0.3, 0.4) is 0 Å². The number of carbonyl (C=O) groups is 2. The largest absolute Gasteiger partial charge is 0.417 e. The van der Waals surface area contributed by atoms with Gasteiger partial charge in [0.2, 0.25) is 21.8 Å². The van der Waals surface area contributed by atoms with E-state index in [-0.39, 0.29) is 44.4 Å². The summed E-state index contributed by atoms with van der Waals surface area (Å²) in [4.78, 5) is 24.8. The number of piperidine rings is 2. The lowest BCUT2D eigenvalue weighted by Crippen LogP contribution is -2.49. The minimum atomic E-state index is -4.78. The van der Waals surface area contributed by atoms with Gasteiger partial charge in [-0.3, -0.25) is 14.5 Å². The molecule has 0 spiro atoms. The summed E-state index contributed by atoms with van der Waals surface area (Å²) in [5.41, 5.74) is 4.00. The summed E-state index contributed by atoms with van der Waals surface area (Å²) in [6.07, 6.45) is -2.95. The van der Waals surface area contributed by atoms with Gasteiger partial charge in [-0.1, -0.05) is 12.1 Å². The molecule has 0 saturated carbocycles. The molecule has 32 heavy (non-hydrogen) atoms. The fraction of sp³-hybridized carbons (Fsp3) is 0.600. The second-order valence-electron chi connectivity index (χ2n) is 8.20. The predicted molar refractivity (Wildman–Crippen MR) is 110 cm³/mol. The van der Waals surface area contributed by atoms with Gasteiger partial charge in [-0.2, -0.15) is 17.5 Å². The lowest BCUT2D eigenvalue weighted by atomic mass is 9.96. The molecule has 2 fully saturated rings. The fourth-order valence-electron chi connectivity index (χ4n) is 4.20. The van der Waals surface area contributed by atoms with Gasteiger partial charge in [-0.15, -0.1) is 0 Å². The average molecular weight is 477 g/mol. The Balaban J connectivity index is 1.55. The van der Waals surface area contributed by atoms with Crippen molar-refractivity contribution in [1.82, 2.24) is 14.5 Å². The van der Waals surface area contributed by atoms with Crippen molar-refractivity contribution in [2.75, 3.05) is 32.7 Å². The number of primary amides is 1. The molecule has 0 aromatic heterocycles. The molecule has 2 heterocycles. The maximum atomic E-state index is 13.3. The van der Waals surface area contributed by atoms with Crippen molar-refractivity contribution in [3.05, 3.63) is 29.8 Å². The molecule has 0 aliphatic carbocycles. The Labute approximate surface area is 185 Å². The van der Waals surface area contributed by atoms with Gasteiger partial charge in [0.1, 0.15) is 0 Å². The van der Waals surface area contributed by atoms with Crippen LogP contribution in [0, 0.1) is 5.92 Å². The van der Waals surface area contributed by atoms with Crippen LogP contribution in [0.5, 0.6) is 0 Å². The van der Waals surface area contributed by atoms with Gasteiger partial charge in [0.15, 0.2) is 0 Å². The van der Waals surface area contributed by atoms with E-state index in [0.717, 1.165) is 22.5 Å². The quantitative estimate of drug-likeness (QED) is 0.640. The summed E-state index contributed by atoms with van der Waals surface area (Å²) in [7, 11) is -4.33. The zero-order chi connectivity index (χ0) is 23.5. The summed E-state index contributed by atoms with van der Waals surface area (Å²) in [5, 5.41) is 2.98. The zero-order valence-electron chi connectivity index (χ0n) is 17.5. The minimum absolute atomic E-state index is 0.0241. The van der Waals surface area contributed by atoms with Crippen LogP contribution in [0.15, 0.2) is 29.2 Å². The highest BCUT2D eigenvalue weighted by Crippen LogP contribution is 2.36. The van der Waals surface area contributed by atoms with Crippen molar-refractivity contribution >= 4 is 21.8 Å². The van der Waals surface area contributed by atoms with Crippen LogP contribution in [0.2, 0.25) is 0 Å². The number of likely N-dealkylation sites (tertiary alicyclic amines) is 1. The number of hydrogen-bond acceptors (Lipinski definition) is 5. The van der Waals surface area contributed by atoms with Crippen molar-refractivity contribution in [2.45, 2.75) is 42.8 Å². The fourth-order valence-corrected chi connectivity index (χ4v) is 5.88. The summed E-state index contributed by atoms with van der Waals surface area (Å²) >= 11 is 0. The number of rotatable bonds is 6. The maximum Gasteiger partial charge on any atom is 0.417 e. The molecule has 2 amide bonds. The van der Waals surface area contributed by atoms with Crippen LogP contribution in [0.1, 0.15) is 31.2 Å². The number of hydrogen-bond donors (Lipinski definition) is 2. The van der Waals surface area contributed by atoms with Crippen molar-refractivity contribution in [1.29, 1.82) is 0 Å². The average Bonchev–Trinajstić information content (AvgIpc) is 2.74. The first-order valence-electron chi connectivity index (χ1n) is 10.5.